The summed E-state index contributed by atoms with van der Waals surface area (Å²) in [4.78, 5) is 28.7. The second-order valence-corrected chi connectivity index (χ2v) is 7.17. The number of benzene rings is 1. The zero-order chi connectivity index (χ0) is 18.4. The Bertz CT molecular complexity index is 617. The quantitative estimate of drug-likeness (QED) is 0.510. The van der Waals surface area contributed by atoms with E-state index in [1.165, 1.54) is 20.0 Å². The predicted molar refractivity (Wildman–Crippen MR) is 122 cm³/mol. The van der Waals surface area contributed by atoms with E-state index in [0.717, 1.165) is 44.8 Å². The molecule has 2 fully saturated rings. The first-order valence-electron chi connectivity index (χ1n) is 9.52. The number of hydrogen-bond acceptors (Lipinski definition) is 6. The first kappa shape index (κ1) is 28.1. The number of ether oxygens (including phenoxy) is 1. The van der Waals surface area contributed by atoms with Crippen LogP contribution in [0, 0.1) is 0 Å². The summed E-state index contributed by atoms with van der Waals surface area (Å²) in [5, 5.41) is 3.42. The van der Waals surface area contributed by atoms with Crippen molar-refractivity contribution in [2.24, 2.45) is 0 Å². The molecule has 6 nitrogen and oxygen atoms in total. The van der Waals surface area contributed by atoms with Gasteiger partial charge in [0.25, 0.3) is 0 Å². The van der Waals surface area contributed by atoms with Gasteiger partial charge in [-0.2, -0.15) is 0 Å². The van der Waals surface area contributed by atoms with Gasteiger partial charge >= 0.3 is 5.97 Å². The van der Waals surface area contributed by atoms with Crippen LogP contribution in [0.4, 0.5) is 0 Å². The predicted octanol–water partition coefficient (Wildman–Crippen LogP) is 2.22. The fourth-order valence-corrected chi connectivity index (χ4v) is 3.80. The Kier molecular flexibility index (Phi) is 13.7. The minimum Gasteiger partial charge on any atom is -0.469 e. The Morgan fingerprint density at radius 2 is 1.59 bits per heavy atom. The summed E-state index contributed by atoms with van der Waals surface area (Å²) in [5.41, 5.74) is 1.57. The first-order valence-corrected chi connectivity index (χ1v) is 9.52. The highest BCUT2D eigenvalue weighted by atomic mass is 35.5. The summed E-state index contributed by atoms with van der Waals surface area (Å²) in [6, 6.07) is 7.99. The van der Waals surface area contributed by atoms with E-state index in [4.69, 9.17) is 0 Å². The molecule has 3 rings (SSSR count). The topological polar surface area (TPSA) is 61.9 Å². The van der Waals surface area contributed by atoms with Crippen molar-refractivity contribution in [3.8, 4) is 0 Å². The molecular formula is C20H32Cl3N3O3. The summed E-state index contributed by atoms with van der Waals surface area (Å²) >= 11 is 0. The SMILES string of the molecule is COC(=O)Cc1ccc(C(=O)CN2CCN(C3CCNCC3)CC2)cc1.Cl.Cl.Cl. The van der Waals surface area contributed by atoms with Crippen LogP contribution in [0.15, 0.2) is 24.3 Å². The molecule has 1 aromatic carbocycles. The monoisotopic (exact) mass is 467 g/mol. The number of ketones is 1. The fourth-order valence-electron chi connectivity index (χ4n) is 3.80. The molecule has 9 heteroatoms. The van der Waals surface area contributed by atoms with E-state index in [2.05, 4.69) is 19.9 Å². The summed E-state index contributed by atoms with van der Waals surface area (Å²) in [6.45, 7) is 6.72. The normalized spacial score (nSPS) is 18.0. The number of rotatable bonds is 6. The lowest BCUT2D eigenvalue weighted by molar-refractivity contribution is -0.139. The van der Waals surface area contributed by atoms with Gasteiger partial charge in [0.05, 0.1) is 20.1 Å². The highest BCUT2D eigenvalue weighted by molar-refractivity contribution is 5.97. The van der Waals surface area contributed by atoms with Gasteiger partial charge in [-0.05, 0) is 31.5 Å². The van der Waals surface area contributed by atoms with Crippen molar-refractivity contribution in [1.29, 1.82) is 0 Å². The van der Waals surface area contributed by atoms with Gasteiger partial charge in [0.15, 0.2) is 5.78 Å². The second-order valence-electron chi connectivity index (χ2n) is 7.17. The lowest BCUT2D eigenvalue weighted by atomic mass is 10.0. The van der Waals surface area contributed by atoms with E-state index < -0.39 is 0 Å². The van der Waals surface area contributed by atoms with Crippen molar-refractivity contribution in [2.75, 3.05) is 52.9 Å². The Morgan fingerprint density at radius 1 is 1.00 bits per heavy atom. The number of halogens is 3. The number of esters is 1. The molecule has 1 aromatic rings. The molecule has 0 aromatic heterocycles. The number of Topliss-reactive ketones (excluding diaryl/α,β-unsaturated/α-hetero) is 1. The smallest absolute Gasteiger partial charge is 0.309 e. The molecule has 2 saturated heterocycles. The highest BCUT2D eigenvalue weighted by Gasteiger charge is 2.25. The van der Waals surface area contributed by atoms with Crippen LogP contribution in [0.25, 0.3) is 0 Å². The number of methoxy groups -OCH3 is 1. The third-order valence-electron chi connectivity index (χ3n) is 5.45. The highest BCUT2D eigenvalue weighted by Crippen LogP contribution is 2.15. The van der Waals surface area contributed by atoms with E-state index in [-0.39, 0.29) is 55.4 Å². The van der Waals surface area contributed by atoms with Crippen LogP contribution in [-0.2, 0) is 16.0 Å². The molecule has 0 amide bonds. The molecule has 29 heavy (non-hydrogen) atoms. The van der Waals surface area contributed by atoms with Crippen LogP contribution in [0.3, 0.4) is 0 Å². The number of piperidine rings is 1. The Hall–Kier alpha value is -0.890. The van der Waals surface area contributed by atoms with Crippen LogP contribution in [0.1, 0.15) is 28.8 Å². The average molecular weight is 469 g/mol. The van der Waals surface area contributed by atoms with Crippen molar-refractivity contribution in [3.63, 3.8) is 0 Å². The summed E-state index contributed by atoms with van der Waals surface area (Å²) < 4.78 is 4.66. The summed E-state index contributed by atoms with van der Waals surface area (Å²) in [7, 11) is 1.38. The molecule has 2 aliphatic rings. The van der Waals surface area contributed by atoms with Gasteiger partial charge < -0.3 is 10.1 Å². The van der Waals surface area contributed by atoms with Crippen LogP contribution in [0.2, 0.25) is 0 Å². The first-order chi connectivity index (χ1) is 12.7. The van der Waals surface area contributed by atoms with Crippen LogP contribution in [0.5, 0.6) is 0 Å². The Morgan fingerprint density at radius 3 is 2.14 bits per heavy atom. The molecule has 166 valence electrons. The number of nitrogens with one attached hydrogen (secondary N) is 1. The number of piperazine rings is 1. The number of carbonyl (C=O) groups excluding carboxylic acids is 2. The molecule has 0 spiro atoms. The third-order valence-corrected chi connectivity index (χ3v) is 5.45. The summed E-state index contributed by atoms with van der Waals surface area (Å²) in [5.74, 6) is -0.124. The van der Waals surface area contributed by atoms with Crippen molar-refractivity contribution in [1.82, 2.24) is 15.1 Å². The molecule has 0 unspecified atom stereocenters. The number of hydrogen-bond donors (Lipinski definition) is 1. The molecule has 2 heterocycles. The minimum atomic E-state index is -0.268. The van der Waals surface area contributed by atoms with Gasteiger partial charge in [-0.25, -0.2) is 0 Å². The van der Waals surface area contributed by atoms with Gasteiger partial charge in [0.1, 0.15) is 0 Å². The van der Waals surface area contributed by atoms with Crippen molar-refractivity contribution < 1.29 is 14.3 Å². The van der Waals surface area contributed by atoms with Crippen LogP contribution < -0.4 is 5.32 Å². The molecule has 0 bridgehead atoms. The molecule has 0 radical (unpaired) electrons. The van der Waals surface area contributed by atoms with E-state index in [0.29, 0.717) is 18.2 Å². The Labute approximate surface area is 191 Å². The Balaban J connectivity index is 0.00000261. The molecule has 2 aliphatic heterocycles. The molecule has 0 aliphatic carbocycles. The van der Waals surface area contributed by atoms with E-state index in [1.54, 1.807) is 0 Å². The average Bonchev–Trinajstić information content (AvgIpc) is 2.69. The molecule has 1 N–H and O–H groups in total. The van der Waals surface area contributed by atoms with E-state index in [1.807, 2.05) is 24.3 Å². The minimum absolute atomic E-state index is 0. The van der Waals surface area contributed by atoms with Crippen LogP contribution in [-0.4, -0.2) is 80.5 Å². The lowest BCUT2D eigenvalue weighted by Gasteiger charge is -2.40. The zero-order valence-electron chi connectivity index (χ0n) is 16.8. The van der Waals surface area contributed by atoms with Crippen LogP contribution >= 0.6 is 37.2 Å². The molecular weight excluding hydrogens is 437 g/mol. The van der Waals surface area contributed by atoms with Crippen molar-refractivity contribution in [2.45, 2.75) is 25.3 Å². The van der Waals surface area contributed by atoms with E-state index >= 15 is 0 Å². The van der Waals surface area contributed by atoms with Gasteiger partial charge in [-0.1, -0.05) is 24.3 Å². The second kappa shape index (κ2) is 14.2. The van der Waals surface area contributed by atoms with Gasteiger partial charge in [0.2, 0.25) is 0 Å². The molecule has 0 saturated carbocycles. The summed E-state index contributed by atoms with van der Waals surface area (Å²) in [6.07, 6.45) is 2.71. The van der Waals surface area contributed by atoms with Gasteiger partial charge in [-0.3, -0.25) is 19.4 Å². The lowest BCUT2D eigenvalue weighted by Crippen LogP contribution is -2.53. The van der Waals surface area contributed by atoms with Crippen molar-refractivity contribution in [3.05, 3.63) is 35.4 Å². The third kappa shape index (κ3) is 8.40. The maximum absolute atomic E-state index is 12.5. The number of nitrogens with zero attached hydrogens (tertiary/aromatic N) is 2. The standard InChI is InChI=1S/C20H29N3O3.3ClH/c1-26-20(25)14-16-2-4-17(5-3-16)19(24)15-22-10-12-23(13-11-22)18-6-8-21-9-7-18;;;/h2-5,18,21H,6-15H2,1H3;3*1H. The van der Waals surface area contributed by atoms with Gasteiger partial charge in [0, 0.05) is 37.8 Å². The van der Waals surface area contributed by atoms with E-state index in [9.17, 15) is 9.59 Å². The maximum atomic E-state index is 12.5. The largest absolute Gasteiger partial charge is 0.469 e. The maximum Gasteiger partial charge on any atom is 0.309 e. The zero-order valence-corrected chi connectivity index (χ0v) is 19.3. The molecule has 0 atom stereocenters. The number of carbonyl (C=O) groups is 2. The fraction of sp³-hybridized carbons (Fsp3) is 0.600. The van der Waals surface area contributed by atoms with Gasteiger partial charge in [-0.15, -0.1) is 37.2 Å². The van der Waals surface area contributed by atoms with Crippen molar-refractivity contribution >= 4 is 49.0 Å².